The SMILES string of the molecule is O=C(c1cc(F)cc(C(F)(F)F)c1)C1CCCC1. The van der Waals surface area contributed by atoms with E-state index >= 15 is 0 Å². The van der Waals surface area contributed by atoms with Gasteiger partial charge in [-0.2, -0.15) is 13.2 Å². The lowest BCUT2D eigenvalue weighted by Crippen LogP contribution is -2.14. The molecule has 0 unspecified atom stereocenters. The second-order valence-corrected chi connectivity index (χ2v) is 4.57. The number of Topliss-reactive ketones (excluding diaryl/α,β-unsaturated/α-hetero) is 1. The number of hydrogen-bond donors (Lipinski definition) is 0. The summed E-state index contributed by atoms with van der Waals surface area (Å²) in [4.78, 5) is 11.9. The van der Waals surface area contributed by atoms with Crippen molar-refractivity contribution in [3.8, 4) is 0 Å². The standard InChI is InChI=1S/C13H12F4O/c14-11-6-9(5-10(7-11)13(15,16)17)12(18)8-3-1-2-4-8/h5-8H,1-4H2. The van der Waals surface area contributed by atoms with Crippen molar-refractivity contribution in [1.29, 1.82) is 0 Å². The monoisotopic (exact) mass is 260 g/mol. The molecule has 0 aromatic heterocycles. The molecule has 0 heterocycles. The largest absolute Gasteiger partial charge is 0.416 e. The lowest BCUT2D eigenvalue weighted by molar-refractivity contribution is -0.137. The first kappa shape index (κ1) is 13.1. The summed E-state index contributed by atoms with van der Waals surface area (Å²) in [5, 5.41) is 0. The molecule has 0 radical (unpaired) electrons. The van der Waals surface area contributed by atoms with Gasteiger partial charge < -0.3 is 0 Å². The third-order valence-corrected chi connectivity index (χ3v) is 3.24. The Morgan fingerprint density at radius 2 is 1.72 bits per heavy atom. The predicted molar refractivity (Wildman–Crippen MR) is 57.7 cm³/mol. The summed E-state index contributed by atoms with van der Waals surface area (Å²) in [5.74, 6) is -1.66. The van der Waals surface area contributed by atoms with Crippen LogP contribution in [0.2, 0.25) is 0 Å². The van der Waals surface area contributed by atoms with E-state index in [4.69, 9.17) is 0 Å². The van der Waals surface area contributed by atoms with Crippen molar-refractivity contribution < 1.29 is 22.4 Å². The van der Waals surface area contributed by atoms with Gasteiger partial charge in [0.15, 0.2) is 5.78 Å². The topological polar surface area (TPSA) is 17.1 Å². The normalized spacial score (nSPS) is 17.1. The van der Waals surface area contributed by atoms with Crippen molar-refractivity contribution in [3.63, 3.8) is 0 Å². The molecule has 0 aliphatic heterocycles. The van der Waals surface area contributed by atoms with E-state index in [0.717, 1.165) is 25.0 Å². The Hall–Kier alpha value is -1.39. The Labute approximate surface area is 102 Å². The molecular weight excluding hydrogens is 248 g/mol. The van der Waals surface area contributed by atoms with Crippen LogP contribution >= 0.6 is 0 Å². The van der Waals surface area contributed by atoms with Gasteiger partial charge in [0.05, 0.1) is 5.56 Å². The van der Waals surface area contributed by atoms with Crippen LogP contribution in [0.25, 0.3) is 0 Å². The molecule has 1 aliphatic carbocycles. The Kier molecular flexibility index (Phi) is 3.41. The molecule has 1 aliphatic rings. The van der Waals surface area contributed by atoms with E-state index in [1.54, 1.807) is 0 Å². The van der Waals surface area contributed by atoms with Gasteiger partial charge in [-0.1, -0.05) is 12.8 Å². The first-order valence-corrected chi connectivity index (χ1v) is 5.80. The highest BCUT2D eigenvalue weighted by molar-refractivity contribution is 5.98. The lowest BCUT2D eigenvalue weighted by Gasteiger charge is -2.11. The third-order valence-electron chi connectivity index (χ3n) is 3.24. The fourth-order valence-corrected chi connectivity index (χ4v) is 2.32. The maximum absolute atomic E-state index is 13.2. The van der Waals surface area contributed by atoms with Gasteiger partial charge in [0.1, 0.15) is 5.82 Å². The van der Waals surface area contributed by atoms with Gasteiger partial charge in [0.2, 0.25) is 0 Å². The third kappa shape index (κ3) is 2.71. The van der Waals surface area contributed by atoms with Crippen LogP contribution in [-0.2, 0) is 6.18 Å². The molecule has 0 N–H and O–H groups in total. The van der Waals surface area contributed by atoms with E-state index < -0.39 is 17.6 Å². The molecule has 1 aromatic carbocycles. The van der Waals surface area contributed by atoms with Crippen molar-refractivity contribution in [2.24, 2.45) is 5.92 Å². The predicted octanol–water partition coefficient (Wildman–Crippen LogP) is 4.22. The highest BCUT2D eigenvalue weighted by Crippen LogP contribution is 2.33. The van der Waals surface area contributed by atoms with Gasteiger partial charge in [-0.15, -0.1) is 0 Å². The number of alkyl halides is 3. The van der Waals surface area contributed by atoms with Gasteiger partial charge in [0, 0.05) is 11.5 Å². The van der Waals surface area contributed by atoms with Gasteiger partial charge in [-0.05, 0) is 31.0 Å². The van der Waals surface area contributed by atoms with Crippen LogP contribution in [0, 0.1) is 11.7 Å². The summed E-state index contributed by atoms with van der Waals surface area (Å²) < 4.78 is 50.7. The molecule has 0 amide bonds. The summed E-state index contributed by atoms with van der Waals surface area (Å²) in [7, 11) is 0. The summed E-state index contributed by atoms with van der Waals surface area (Å²) >= 11 is 0. The van der Waals surface area contributed by atoms with E-state index in [1.165, 1.54) is 0 Å². The van der Waals surface area contributed by atoms with Crippen molar-refractivity contribution in [1.82, 2.24) is 0 Å². The number of carbonyl (C=O) groups excluding carboxylic acids is 1. The highest BCUT2D eigenvalue weighted by atomic mass is 19.4. The number of carbonyl (C=O) groups is 1. The second-order valence-electron chi connectivity index (χ2n) is 4.57. The summed E-state index contributed by atoms with van der Waals surface area (Å²) in [5.41, 5.74) is -1.28. The highest BCUT2D eigenvalue weighted by Gasteiger charge is 2.33. The molecule has 0 spiro atoms. The molecule has 5 heteroatoms. The fourth-order valence-electron chi connectivity index (χ4n) is 2.32. The van der Waals surface area contributed by atoms with Gasteiger partial charge >= 0.3 is 6.18 Å². The van der Waals surface area contributed by atoms with Crippen molar-refractivity contribution in [2.45, 2.75) is 31.9 Å². The average Bonchev–Trinajstić information content (AvgIpc) is 2.79. The molecule has 1 aromatic rings. The Morgan fingerprint density at radius 3 is 2.28 bits per heavy atom. The average molecular weight is 260 g/mol. The Bertz CT molecular complexity index is 459. The van der Waals surface area contributed by atoms with Crippen molar-refractivity contribution >= 4 is 5.78 Å². The lowest BCUT2D eigenvalue weighted by atomic mass is 9.95. The maximum Gasteiger partial charge on any atom is 0.416 e. The van der Waals surface area contributed by atoms with Crippen LogP contribution in [0.15, 0.2) is 18.2 Å². The van der Waals surface area contributed by atoms with E-state index in [2.05, 4.69) is 0 Å². The van der Waals surface area contributed by atoms with Crippen molar-refractivity contribution in [3.05, 3.63) is 35.1 Å². The van der Waals surface area contributed by atoms with Crippen LogP contribution in [0.1, 0.15) is 41.6 Å². The minimum atomic E-state index is -4.63. The number of halogens is 4. The molecule has 1 saturated carbocycles. The van der Waals surface area contributed by atoms with Crippen LogP contribution in [0.4, 0.5) is 17.6 Å². The number of benzene rings is 1. The van der Waals surface area contributed by atoms with E-state index in [9.17, 15) is 22.4 Å². The fraction of sp³-hybridized carbons (Fsp3) is 0.462. The van der Waals surface area contributed by atoms with E-state index in [1.807, 2.05) is 0 Å². The summed E-state index contributed by atoms with van der Waals surface area (Å²) in [6, 6.07) is 2.03. The minimum Gasteiger partial charge on any atom is -0.294 e. The number of hydrogen-bond acceptors (Lipinski definition) is 1. The molecule has 18 heavy (non-hydrogen) atoms. The second kappa shape index (κ2) is 4.71. The maximum atomic E-state index is 13.2. The van der Waals surface area contributed by atoms with Crippen LogP contribution in [-0.4, -0.2) is 5.78 Å². The Balaban J connectivity index is 2.33. The molecule has 1 nitrogen and oxygen atoms in total. The quantitative estimate of drug-likeness (QED) is 0.574. The van der Waals surface area contributed by atoms with Gasteiger partial charge in [-0.3, -0.25) is 4.79 Å². The summed E-state index contributed by atoms with van der Waals surface area (Å²) in [6.45, 7) is 0. The number of rotatable bonds is 2. The van der Waals surface area contributed by atoms with Crippen LogP contribution in [0.5, 0.6) is 0 Å². The smallest absolute Gasteiger partial charge is 0.294 e. The van der Waals surface area contributed by atoms with E-state index in [0.29, 0.717) is 18.9 Å². The molecule has 0 bridgehead atoms. The molecule has 1 fully saturated rings. The molecule has 2 rings (SSSR count). The zero-order valence-corrected chi connectivity index (χ0v) is 9.56. The van der Waals surface area contributed by atoms with Gasteiger partial charge in [-0.25, -0.2) is 4.39 Å². The van der Waals surface area contributed by atoms with Crippen molar-refractivity contribution in [2.75, 3.05) is 0 Å². The Morgan fingerprint density at radius 1 is 1.11 bits per heavy atom. The number of ketones is 1. The molecule has 98 valence electrons. The summed E-state index contributed by atoms with van der Waals surface area (Å²) in [6.07, 6.45) is -1.48. The zero-order valence-electron chi connectivity index (χ0n) is 9.56. The zero-order chi connectivity index (χ0) is 13.3. The first-order valence-electron chi connectivity index (χ1n) is 5.80. The minimum absolute atomic E-state index is 0.172. The van der Waals surface area contributed by atoms with E-state index in [-0.39, 0.29) is 17.3 Å². The molecular formula is C13H12F4O. The van der Waals surface area contributed by atoms with Crippen LogP contribution < -0.4 is 0 Å². The van der Waals surface area contributed by atoms with Gasteiger partial charge in [0.25, 0.3) is 0 Å². The van der Waals surface area contributed by atoms with Crippen LogP contribution in [0.3, 0.4) is 0 Å². The molecule has 0 saturated heterocycles. The molecule has 0 atom stereocenters. The first-order chi connectivity index (χ1) is 8.38.